The van der Waals surface area contributed by atoms with Gasteiger partial charge in [0, 0.05) is 18.8 Å². The van der Waals surface area contributed by atoms with E-state index in [1.165, 1.54) is 24.4 Å². The number of fused-ring (bicyclic) bond motifs is 2. The van der Waals surface area contributed by atoms with Gasteiger partial charge in [-0.2, -0.15) is 0 Å². The van der Waals surface area contributed by atoms with Crippen LogP contribution in [-0.4, -0.2) is 28.4 Å². The second kappa shape index (κ2) is 5.79. The van der Waals surface area contributed by atoms with E-state index >= 15 is 0 Å². The summed E-state index contributed by atoms with van der Waals surface area (Å²) in [6, 6.07) is 7.74. The summed E-state index contributed by atoms with van der Waals surface area (Å²) in [6.07, 6.45) is 3.80. The zero-order valence-electron chi connectivity index (χ0n) is 13.2. The van der Waals surface area contributed by atoms with E-state index in [1.807, 2.05) is 6.92 Å². The number of sulfone groups is 1. The summed E-state index contributed by atoms with van der Waals surface area (Å²) in [5, 5.41) is 0.140. The van der Waals surface area contributed by atoms with Crippen LogP contribution in [0.3, 0.4) is 0 Å². The number of imidazole rings is 1. The molecule has 1 N–H and O–H groups in total. The van der Waals surface area contributed by atoms with Crippen molar-refractivity contribution < 1.29 is 8.42 Å². The predicted octanol–water partition coefficient (Wildman–Crippen LogP) is 3.55. The van der Waals surface area contributed by atoms with Crippen LogP contribution in [0.15, 0.2) is 52.5 Å². The molecule has 6 nitrogen and oxygen atoms in total. The van der Waals surface area contributed by atoms with Crippen LogP contribution in [0.25, 0.3) is 22.1 Å². The first-order valence-electron chi connectivity index (χ1n) is 7.63. The molecule has 8 heteroatoms. The highest BCUT2D eigenvalue weighted by molar-refractivity contribution is 7.91. The number of nitrogens with zero attached hydrogens (tertiary/aromatic N) is 3. The van der Waals surface area contributed by atoms with Gasteiger partial charge in [0.25, 0.3) is 0 Å². The first kappa shape index (κ1) is 16.0. The summed E-state index contributed by atoms with van der Waals surface area (Å²) >= 11 is 6.25. The lowest BCUT2D eigenvalue weighted by atomic mass is 10.3. The van der Waals surface area contributed by atoms with Crippen LogP contribution >= 0.6 is 11.6 Å². The minimum absolute atomic E-state index is 0.0382. The average Bonchev–Trinajstić information content (AvgIpc) is 3.02. The number of hydrogen-bond acceptors (Lipinski definition) is 5. The van der Waals surface area contributed by atoms with Crippen molar-refractivity contribution >= 4 is 43.5 Å². The van der Waals surface area contributed by atoms with Gasteiger partial charge in [0.2, 0.25) is 9.84 Å². The lowest BCUT2D eigenvalue weighted by molar-refractivity contribution is 0.596. The summed E-state index contributed by atoms with van der Waals surface area (Å²) in [5.74, 6) is 0.779. The molecule has 0 saturated heterocycles. The third kappa shape index (κ3) is 2.65. The molecule has 0 aliphatic rings. The minimum Gasteiger partial charge on any atom is -0.342 e. The lowest BCUT2D eigenvalue weighted by Crippen LogP contribution is -2.03. The Hall–Kier alpha value is -2.51. The zero-order valence-corrected chi connectivity index (χ0v) is 14.8. The smallest absolute Gasteiger partial charge is 0.208 e. The van der Waals surface area contributed by atoms with Crippen molar-refractivity contribution in [2.24, 2.45) is 0 Å². The summed E-state index contributed by atoms with van der Waals surface area (Å²) in [7, 11) is -3.80. The molecule has 4 aromatic rings. The molecule has 0 unspecified atom stereocenters. The molecule has 0 spiro atoms. The van der Waals surface area contributed by atoms with E-state index in [1.54, 1.807) is 18.3 Å². The van der Waals surface area contributed by atoms with Crippen molar-refractivity contribution in [3.05, 3.63) is 53.6 Å². The summed E-state index contributed by atoms with van der Waals surface area (Å²) in [4.78, 5) is 16.0. The van der Waals surface area contributed by atoms with Gasteiger partial charge in [-0.25, -0.2) is 13.4 Å². The molecular formula is C17H13ClN4O2S. The maximum Gasteiger partial charge on any atom is 0.208 e. The van der Waals surface area contributed by atoms with Crippen molar-refractivity contribution in [1.29, 1.82) is 0 Å². The fraction of sp³-hybridized carbons (Fsp3) is 0.118. The van der Waals surface area contributed by atoms with Gasteiger partial charge < -0.3 is 4.98 Å². The first-order valence-corrected chi connectivity index (χ1v) is 9.49. The second-order valence-corrected chi connectivity index (χ2v) is 7.87. The monoisotopic (exact) mass is 372 g/mol. The SMILES string of the molecule is CCc1nc2cc(Cl)c(S(=O)(=O)c3ccc4nccnc4c3)cc2[nH]1. The van der Waals surface area contributed by atoms with Crippen molar-refractivity contribution in [2.45, 2.75) is 23.1 Å². The van der Waals surface area contributed by atoms with Crippen LogP contribution in [0.5, 0.6) is 0 Å². The van der Waals surface area contributed by atoms with Crippen molar-refractivity contribution in [2.75, 3.05) is 0 Å². The van der Waals surface area contributed by atoms with Crippen molar-refractivity contribution in [3.8, 4) is 0 Å². The van der Waals surface area contributed by atoms with Crippen LogP contribution < -0.4 is 0 Å². The minimum atomic E-state index is -3.80. The molecule has 0 aliphatic carbocycles. The molecule has 0 atom stereocenters. The van der Waals surface area contributed by atoms with Gasteiger partial charge in [0.1, 0.15) is 5.82 Å². The van der Waals surface area contributed by atoms with Crippen LogP contribution in [0.4, 0.5) is 0 Å². The molecule has 126 valence electrons. The standard InChI is InChI=1S/C17H13ClN4O2S/c1-2-17-21-14-8-11(18)16(9-15(14)22-17)25(23,24)10-3-4-12-13(7-10)20-6-5-19-12/h3-9H,2H2,1H3,(H,21,22). The molecule has 0 bridgehead atoms. The Morgan fingerprint density at radius 3 is 2.56 bits per heavy atom. The number of hydrogen-bond donors (Lipinski definition) is 1. The molecule has 2 aromatic heterocycles. The van der Waals surface area contributed by atoms with Crippen LogP contribution in [0.1, 0.15) is 12.7 Å². The van der Waals surface area contributed by atoms with Crippen LogP contribution in [0.2, 0.25) is 5.02 Å². The van der Waals surface area contributed by atoms with Gasteiger partial charge in [0.15, 0.2) is 0 Å². The lowest BCUT2D eigenvalue weighted by Gasteiger charge is -2.07. The van der Waals surface area contributed by atoms with E-state index < -0.39 is 9.84 Å². The predicted molar refractivity (Wildman–Crippen MR) is 95.5 cm³/mol. The maximum absolute atomic E-state index is 13.1. The van der Waals surface area contributed by atoms with Crippen LogP contribution in [0, 0.1) is 0 Å². The Balaban J connectivity index is 1.91. The van der Waals surface area contributed by atoms with Gasteiger partial charge in [-0.3, -0.25) is 9.97 Å². The number of halogens is 1. The first-order chi connectivity index (χ1) is 12.0. The highest BCUT2D eigenvalue weighted by Crippen LogP contribution is 2.31. The van der Waals surface area contributed by atoms with E-state index in [9.17, 15) is 8.42 Å². The number of benzene rings is 2. The fourth-order valence-corrected chi connectivity index (χ4v) is 4.49. The van der Waals surface area contributed by atoms with Gasteiger partial charge in [-0.15, -0.1) is 0 Å². The summed E-state index contributed by atoms with van der Waals surface area (Å²) in [6.45, 7) is 1.97. The van der Waals surface area contributed by atoms with E-state index in [0.29, 0.717) is 22.1 Å². The molecule has 0 aliphatic heterocycles. The van der Waals surface area contributed by atoms with Gasteiger partial charge in [0.05, 0.1) is 36.9 Å². The number of aryl methyl sites for hydroxylation is 1. The van der Waals surface area contributed by atoms with Crippen LogP contribution in [-0.2, 0) is 16.3 Å². The van der Waals surface area contributed by atoms with E-state index in [-0.39, 0.29) is 14.8 Å². The third-order valence-electron chi connectivity index (χ3n) is 3.96. The maximum atomic E-state index is 13.1. The van der Waals surface area contributed by atoms with E-state index in [0.717, 1.165) is 12.2 Å². The Morgan fingerprint density at radius 1 is 1.04 bits per heavy atom. The van der Waals surface area contributed by atoms with Gasteiger partial charge >= 0.3 is 0 Å². The average molecular weight is 373 g/mol. The summed E-state index contributed by atoms with van der Waals surface area (Å²) in [5.41, 5.74) is 2.42. The molecule has 0 radical (unpaired) electrons. The topological polar surface area (TPSA) is 88.6 Å². The van der Waals surface area contributed by atoms with Crippen molar-refractivity contribution in [1.82, 2.24) is 19.9 Å². The Bertz CT molecular complexity index is 1220. The molecular weight excluding hydrogens is 360 g/mol. The van der Waals surface area contributed by atoms with Crippen molar-refractivity contribution in [3.63, 3.8) is 0 Å². The quantitative estimate of drug-likeness (QED) is 0.594. The largest absolute Gasteiger partial charge is 0.342 e. The number of nitrogens with one attached hydrogen (secondary N) is 1. The third-order valence-corrected chi connectivity index (χ3v) is 6.18. The second-order valence-electron chi connectivity index (χ2n) is 5.55. The summed E-state index contributed by atoms with van der Waals surface area (Å²) < 4.78 is 26.1. The normalized spacial score (nSPS) is 12.1. The molecule has 0 amide bonds. The fourth-order valence-electron chi connectivity index (χ4n) is 2.67. The molecule has 4 rings (SSSR count). The Morgan fingerprint density at radius 2 is 1.80 bits per heavy atom. The number of aromatic amines is 1. The Labute approximate surface area is 148 Å². The zero-order chi connectivity index (χ0) is 17.6. The highest BCUT2D eigenvalue weighted by atomic mass is 35.5. The highest BCUT2D eigenvalue weighted by Gasteiger charge is 2.23. The Kier molecular flexibility index (Phi) is 3.70. The van der Waals surface area contributed by atoms with E-state index in [2.05, 4.69) is 19.9 Å². The molecule has 25 heavy (non-hydrogen) atoms. The number of aromatic nitrogens is 4. The molecule has 2 aromatic carbocycles. The molecule has 0 saturated carbocycles. The number of H-pyrrole nitrogens is 1. The molecule has 0 fully saturated rings. The molecule has 2 heterocycles. The number of rotatable bonds is 3. The van der Waals surface area contributed by atoms with Gasteiger partial charge in [-0.05, 0) is 30.3 Å². The van der Waals surface area contributed by atoms with E-state index in [4.69, 9.17) is 11.6 Å². The van der Waals surface area contributed by atoms with Gasteiger partial charge in [-0.1, -0.05) is 18.5 Å².